The van der Waals surface area contributed by atoms with Crippen LogP contribution >= 0.6 is 0 Å². The van der Waals surface area contributed by atoms with Crippen LogP contribution in [-0.4, -0.2) is 62.1 Å². The maximum atomic E-state index is 12.1. The number of hydrogen-bond acceptors (Lipinski definition) is 5. The molecule has 1 aliphatic heterocycles. The minimum absolute atomic E-state index is 0.0767. The highest BCUT2D eigenvalue weighted by Gasteiger charge is 2.15. The van der Waals surface area contributed by atoms with Gasteiger partial charge in [0.05, 0.1) is 6.54 Å². The smallest absolute Gasteiger partial charge is 0.239 e. The third kappa shape index (κ3) is 5.42. The summed E-state index contributed by atoms with van der Waals surface area (Å²) in [6.07, 6.45) is 0.835. The second-order valence-electron chi connectivity index (χ2n) is 6.06. The lowest BCUT2D eigenvalue weighted by Crippen LogP contribution is -2.40. The Morgan fingerprint density at radius 3 is 2.62 bits per heavy atom. The number of amides is 2. The van der Waals surface area contributed by atoms with Gasteiger partial charge in [-0.15, -0.1) is 0 Å². The van der Waals surface area contributed by atoms with Gasteiger partial charge < -0.3 is 24.6 Å². The van der Waals surface area contributed by atoms with Gasteiger partial charge in [-0.2, -0.15) is 0 Å². The van der Waals surface area contributed by atoms with Gasteiger partial charge in [0.25, 0.3) is 0 Å². The number of nitrogens with one attached hydrogen (secondary N) is 1. The van der Waals surface area contributed by atoms with Crippen molar-refractivity contribution in [2.24, 2.45) is 0 Å². The predicted octanol–water partition coefficient (Wildman–Crippen LogP) is 0.832. The van der Waals surface area contributed by atoms with E-state index in [1.54, 1.807) is 4.90 Å². The van der Waals surface area contributed by atoms with E-state index in [-0.39, 0.29) is 25.2 Å². The lowest BCUT2D eigenvalue weighted by atomic mass is 10.2. The summed E-state index contributed by atoms with van der Waals surface area (Å²) in [6.45, 7) is 3.63. The summed E-state index contributed by atoms with van der Waals surface area (Å²) in [5.74, 6) is 1.14. The summed E-state index contributed by atoms with van der Waals surface area (Å²) < 4.78 is 10.6. The molecule has 1 aromatic carbocycles. The molecule has 1 heterocycles. The molecule has 0 saturated heterocycles. The highest BCUT2D eigenvalue weighted by Crippen LogP contribution is 2.32. The minimum Gasteiger partial charge on any atom is -0.454 e. The van der Waals surface area contributed by atoms with Gasteiger partial charge in [0.2, 0.25) is 18.6 Å². The van der Waals surface area contributed by atoms with E-state index < -0.39 is 0 Å². The minimum atomic E-state index is -0.173. The third-order valence-electron chi connectivity index (χ3n) is 3.74. The lowest BCUT2D eigenvalue weighted by Gasteiger charge is -2.21. The van der Waals surface area contributed by atoms with Gasteiger partial charge in [-0.05, 0) is 44.8 Å². The molecule has 1 aliphatic rings. The Morgan fingerprint density at radius 2 is 1.92 bits per heavy atom. The second kappa shape index (κ2) is 8.54. The van der Waals surface area contributed by atoms with Crippen LogP contribution in [0.5, 0.6) is 11.5 Å². The summed E-state index contributed by atoms with van der Waals surface area (Å²) >= 11 is 0. The first-order chi connectivity index (χ1) is 11.5. The summed E-state index contributed by atoms with van der Waals surface area (Å²) in [5, 5.41) is 2.84. The van der Waals surface area contributed by atoms with Crippen LogP contribution in [-0.2, 0) is 16.1 Å². The van der Waals surface area contributed by atoms with Gasteiger partial charge in [-0.25, -0.2) is 0 Å². The number of ether oxygens (including phenoxy) is 2. The molecule has 0 atom stereocenters. The molecule has 1 aromatic rings. The zero-order chi connectivity index (χ0) is 17.5. The SMILES string of the molecule is CC(=O)N(CCCN(C)C)CC(=O)NCc1ccc2c(c1)OCO2. The fraction of sp³-hybridized carbons (Fsp3) is 0.529. The molecule has 0 aromatic heterocycles. The first-order valence-corrected chi connectivity index (χ1v) is 8.01. The quantitative estimate of drug-likeness (QED) is 0.762. The average Bonchev–Trinajstić information content (AvgIpc) is 2.99. The number of fused-ring (bicyclic) bond motifs is 1. The summed E-state index contributed by atoms with van der Waals surface area (Å²) in [6, 6.07) is 5.56. The summed E-state index contributed by atoms with van der Waals surface area (Å²) in [7, 11) is 3.96. The summed E-state index contributed by atoms with van der Waals surface area (Å²) in [5.41, 5.74) is 0.926. The van der Waals surface area contributed by atoms with Crippen molar-refractivity contribution in [3.63, 3.8) is 0 Å². The van der Waals surface area contributed by atoms with Crippen LogP contribution in [0.3, 0.4) is 0 Å². The average molecular weight is 335 g/mol. The molecule has 0 aliphatic carbocycles. The molecule has 0 radical (unpaired) electrons. The van der Waals surface area contributed by atoms with Gasteiger partial charge in [0.15, 0.2) is 11.5 Å². The van der Waals surface area contributed by atoms with Crippen molar-refractivity contribution in [1.29, 1.82) is 0 Å². The molecule has 0 spiro atoms. The van der Waals surface area contributed by atoms with Crippen LogP contribution in [0.25, 0.3) is 0 Å². The largest absolute Gasteiger partial charge is 0.454 e. The van der Waals surface area contributed by atoms with Crippen molar-refractivity contribution < 1.29 is 19.1 Å². The molecule has 0 unspecified atom stereocenters. The Bertz CT molecular complexity index is 589. The van der Waals surface area contributed by atoms with Gasteiger partial charge in [0, 0.05) is 20.0 Å². The van der Waals surface area contributed by atoms with Crippen molar-refractivity contribution in [3.8, 4) is 11.5 Å². The Kier molecular flexibility index (Phi) is 6.43. The lowest BCUT2D eigenvalue weighted by molar-refractivity contribution is -0.134. The van der Waals surface area contributed by atoms with Crippen molar-refractivity contribution in [3.05, 3.63) is 23.8 Å². The topological polar surface area (TPSA) is 71.1 Å². The fourth-order valence-corrected chi connectivity index (χ4v) is 2.41. The molecule has 1 N–H and O–H groups in total. The van der Waals surface area contributed by atoms with E-state index in [1.165, 1.54) is 6.92 Å². The van der Waals surface area contributed by atoms with E-state index in [1.807, 2.05) is 32.3 Å². The van der Waals surface area contributed by atoms with Crippen molar-refractivity contribution in [2.75, 3.05) is 40.5 Å². The second-order valence-corrected chi connectivity index (χ2v) is 6.06. The van der Waals surface area contributed by atoms with E-state index in [2.05, 4.69) is 10.2 Å². The normalized spacial score (nSPS) is 12.3. The molecule has 7 heteroatoms. The zero-order valence-corrected chi connectivity index (χ0v) is 14.5. The Balaban J connectivity index is 1.79. The molecule has 7 nitrogen and oxygen atoms in total. The molecule has 132 valence electrons. The zero-order valence-electron chi connectivity index (χ0n) is 14.5. The Labute approximate surface area is 142 Å². The number of nitrogens with zero attached hydrogens (tertiary/aromatic N) is 2. The van der Waals surface area contributed by atoms with Crippen LogP contribution in [0.2, 0.25) is 0 Å². The van der Waals surface area contributed by atoms with E-state index >= 15 is 0 Å². The predicted molar refractivity (Wildman–Crippen MR) is 89.8 cm³/mol. The fourth-order valence-electron chi connectivity index (χ4n) is 2.41. The van der Waals surface area contributed by atoms with Gasteiger partial charge in [-0.3, -0.25) is 9.59 Å². The first kappa shape index (κ1) is 18.1. The van der Waals surface area contributed by atoms with Crippen LogP contribution < -0.4 is 14.8 Å². The first-order valence-electron chi connectivity index (χ1n) is 8.01. The highest BCUT2D eigenvalue weighted by molar-refractivity contribution is 5.83. The molecule has 24 heavy (non-hydrogen) atoms. The van der Waals surface area contributed by atoms with Crippen LogP contribution in [0.1, 0.15) is 18.9 Å². The Morgan fingerprint density at radius 1 is 1.17 bits per heavy atom. The molecule has 2 rings (SSSR count). The van der Waals surface area contributed by atoms with Gasteiger partial charge >= 0.3 is 0 Å². The number of carbonyl (C=O) groups is 2. The van der Waals surface area contributed by atoms with E-state index in [0.717, 1.165) is 18.5 Å². The maximum Gasteiger partial charge on any atom is 0.239 e. The van der Waals surface area contributed by atoms with Gasteiger partial charge in [-0.1, -0.05) is 6.07 Å². The number of benzene rings is 1. The van der Waals surface area contributed by atoms with Crippen molar-refractivity contribution >= 4 is 11.8 Å². The van der Waals surface area contributed by atoms with Gasteiger partial charge in [0.1, 0.15) is 0 Å². The Hall–Kier alpha value is -2.28. The molecule has 0 fully saturated rings. The molecule has 2 amide bonds. The van der Waals surface area contributed by atoms with E-state index in [9.17, 15) is 9.59 Å². The molecular formula is C17H25N3O4. The molecule has 0 bridgehead atoms. The highest BCUT2D eigenvalue weighted by atomic mass is 16.7. The maximum absolute atomic E-state index is 12.1. The van der Waals surface area contributed by atoms with Crippen LogP contribution in [0.15, 0.2) is 18.2 Å². The molecular weight excluding hydrogens is 310 g/mol. The standard InChI is InChI=1S/C17H25N3O4/c1-13(21)20(8-4-7-19(2)3)11-17(22)18-10-14-5-6-15-16(9-14)24-12-23-15/h5-6,9H,4,7-8,10-12H2,1-3H3,(H,18,22). The third-order valence-corrected chi connectivity index (χ3v) is 3.74. The van der Waals surface area contributed by atoms with E-state index in [4.69, 9.17) is 9.47 Å². The van der Waals surface area contributed by atoms with Crippen LogP contribution in [0, 0.1) is 0 Å². The van der Waals surface area contributed by atoms with E-state index in [0.29, 0.717) is 24.6 Å². The van der Waals surface area contributed by atoms with Crippen molar-refractivity contribution in [1.82, 2.24) is 15.1 Å². The monoisotopic (exact) mass is 335 g/mol. The molecule has 0 saturated carbocycles. The number of carbonyl (C=O) groups excluding carboxylic acids is 2. The van der Waals surface area contributed by atoms with Crippen LogP contribution in [0.4, 0.5) is 0 Å². The number of rotatable bonds is 8. The summed E-state index contributed by atoms with van der Waals surface area (Å²) in [4.78, 5) is 27.4. The number of hydrogen-bond donors (Lipinski definition) is 1. The van der Waals surface area contributed by atoms with Crippen molar-refractivity contribution in [2.45, 2.75) is 19.9 Å².